The molecule has 0 bridgehead atoms. The number of halogens is 2. The molecule has 1 amide bonds. The molecule has 2 aromatic heterocycles. The van der Waals surface area contributed by atoms with Gasteiger partial charge in [-0.15, -0.1) is 0 Å². The average Bonchev–Trinajstić information content (AvgIpc) is 3.24. The molecule has 4 rings (SSSR count). The van der Waals surface area contributed by atoms with Crippen molar-refractivity contribution in [3.8, 4) is 0 Å². The number of carbonyl (C=O) groups is 1. The smallest absolute Gasteiger partial charge is 0.262 e. The van der Waals surface area contributed by atoms with Gasteiger partial charge in [-0.05, 0) is 61.3 Å². The first kappa shape index (κ1) is 15.9. The van der Waals surface area contributed by atoms with Crippen molar-refractivity contribution in [2.24, 2.45) is 5.41 Å². The van der Waals surface area contributed by atoms with Crippen LogP contribution in [-0.4, -0.2) is 15.9 Å². The highest BCUT2D eigenvalue weighted by Crippen LogP contribution is 2.61. The predicted octanol–water partition coefficient (Wildman–Crippen LogP) is 4.35. The molecule has 0 unspecified atom stereocenters. The van der Waals surface area contributed by atoms with E-state index in [2.05, 4.69) is 22.2 Å². The lowest BCUT2D eigenvalue weighted by molar-refractivity contribution is 0.101. The van der Waals surface area contributed by atoms with Crippen LogP contribution in [0.25, 0.3) is 5.57 Å². The molecule has 1 spiro atoms. The van der Waals surface area contributed by atoms with E-state index in [9.17, 15) is 13.6 Å². The van der Waals surface area contributed by atoms with Gasteiger partial charge in [0.15, 0.2) is 11.6 Å². The van der Waals surface area contributed by atoms with E-state index in [1.54, 1.807) is 12.3 Å². The van der Waals surface area contributed by atoms with Crippen LogP contribution >= 0.6 is 0 Å². The molecule has 128 valence electrons. The van der Waals surface area contributed by atoms with Crippen molar-refractivity contribution >= 4 is 17.3 Å². The number of pyridine rings is 2. The first-order valence-corrected chi connectivity index (χ1v) is 8.23. The van der Waals surface area contributed by atoms with Crippen LogP contribution in [0.15, 0.2) is 36.3 Å². The fourth-order valence-electron chi connectivity index (χ4n) is 3.59. The molecule has 2 aromatic rings. The zero-order valence-corrected chi connectivity index (χ0v) is 13.8. The Balaban J connectivity index is 1.51. The van der Waals surface area contributed by atoms with E-state index in [1.165, 1.54) is 24.0 Å². The van der Waals surface area contributed by atoms with Crippen molar-refractivity contribution in [3.63, 3.8) is 0 Å². The lowest BCUT2D eigenvalue weighted by Crippen LogP contribution is -2.17. The summed E-state index contributed by atoms with van der Waals surface area (Å²) in [6.07, 6.45) is 8.13. The van der Waals surface area contributed by atoms with Gasteiger partial charge >= 0.3 is 0 Å². The molecule has 2 heterocycles. The average molecular weight is 341 g/mol. The van der Waals surface area contributed by atoms with Crippen molar-refractivity contribution in [3.05, 3.63) is 59.1 Å². The summed E-state index contributed by atoms with van der Waals surface area (Å²) in [5.41, 5.74) is 3.60. The van der Waals surface area contributed by atoms with Gasteiger partial charge in [0, 0.05) is 6.20 Å². The van der Waals surface area contributed by atoms with Crippen LogP contribution in [0, 0.1) is 17.0 Å². The number of aromatic nitrogens is 2. The molecule has 1 fully saturated rings. The quantitative estimate of drug-likeness (QED) is 0.903. The van der Waals surface area contributed by atoms with E-state index >= 15 is 0 Å². The van der Waals surface area contributed by atoms with E-state index in [0.717, 1.165) is 30.8 Å². The topological polar surface area (TPSA) is 54.9 Å². The van der Waals surface area contributed by atoms with Crippen molar-refractivity contribution in [1.82, 2.24) is 9.97 Å². The van der Waals surface area contributed by atoms with Gasteiger partial charge in [0.05, 0.1) is 12.4 Å². The maximum absolute atomic E-state index is 13.6. The SMILES string of the molecule is CC1=C(c2ccc(NC(=O)c3c(F)cncc3F)nc2)CC2(CC2)C1. The Morgan fingerprint density at radius 1 is 1.12 bits per heavy atom. The summed E-state index contributed by atoms with van der Waals surface area (Å²) in [6, 6.07) is 3.55. The zero-order valence-electron chi connectivity index (χ0n) is 13.8. The maximum atomic E-state index is 13.6. The molecule has 1 N–H and O–H groups in total. The third-order valence-corrected chi connectivity index (χ3v) is 5.10. The number of carbonyl (C=O) groups excluding carboxylic acids is 1. The Bertz CT molecular complexity index is 866. The molecule has 6 heteroatoms. The second kappa shape index (κ2) is 5.72. The fourth-order valence-corrected chi connectivity index (χ4v) is 3.59. The van der Waals surface area contributed by atoms with E-state index in [1.807, 2.05) is 6.07 Å². The molecule has 25 heavy (non-hydrogen) atoms. The van der Waals surface area contributed by atoms with Gasteiger partial charge in [0.1, 0.15) is 11.4 Å². The summed E-state index contributed by atoms with van der Waals surface area (Å²) in [5, 5.41) is 2.42. The van der Waals surface area contributed by atoms with Gasteiger partial charge < -0.3 is 5.32 Å². The minimum atomic E-state index is -1.00. The molecule has 0 aliphatic heterocycles. The van der Waals surface area contributed by atoms with Crippen LogP contribution in [0.2, 0.25) is 0 Å². The van der Waals surface area contributed by atoms with Gasteiger partial charge in [0.25, 0.3) is 5.91 Å². The molecular weight excluding hydrogens is 324 g/mol. The summed E-state index contributed by atoms with van der Waals surface area (Å²) >= 11 is 0. The third kappa shape index (κ3) is 2.92. The molecule has 0 aromatic carbocycles. The Labute approximate surface area is 144 Å². The number of nitrogens with zero attached hydrogens (tertiary/aromatic N) is 2. The number of allylic oxidation sites excluding steroid dienone is 2. The molecule has 2 aliphatic carbocycles. The molecule has 1 saturated carbocycles. The first-order chi connectivity index (χ1) is 12.0. The maximum Gasteiger partial charge on any atom is 0.262 e. The minimum Gasteiger partial charge on any atom is -0.306 e. The Morgan fingerprint density at radius 2 is 1.84 bits per heavy atom. The monoisotopic (exact) mass is 341 g/mol. The molecule has 0 saturated heterocycles. The number of hydrogen-bond donors (Lipinski definition) is 1. The van der Waals surface area contributed by atoms with Crippen LogP contribution in [0.4, 0.5) is 14.6 Å². The van der Waals surface area contributed by atoms with Gasteiger partial charge in [-0.25, -0.2) is 13.8 Å². The summed E-state index contributed by atoms with van der Waals surface area (Å²) in [4.78, 5) is 19.7. The van der Waals surface area contributed by atoms with Crippen molar-refractivity contribution in [1.29, 1.82) is 0 Å². The van der Waals surface area contributed by atoms with E-state index in [0.29, 0.717) is 5.41 Å². The molecule has 0 atom stereocenters. The molecule has 4 nitrogen and oxygen atoms in total. The van der Waals surface area contributed by atoms with Crippen molar-refractivity contribution in [2.45, 2.75) is 32.6 Å². The van der Waals surface area contributed by atoms with Crippen LogP contribution in [0.5, 0.6) is 0 Å². The van der Waals surface area contributed by atoms with Crippen LogP contribution < -0.4 is 5.32 Å². The summed E-state index contributed by atoms with van der Waals surface area (Å²) in [6.45, 7) is 2.16. The van der Waals surface area contributed by atoms with Gasteiger partial charge in [-0.3, -0.25) is 9.78 Å². The zero-order chi connectivity index (χ0) is 17.6. The lowest BCUT2D eigenvalue weighted by Gasteiger charge is -2.09. The van der Waals surface area contributed by atoms with Crippen LogP contribution in [-0.2, 0) is 0 Å². The van der Waals surface area contributed by atoms with Crippen LogP contribution in [0.3, 0.4) is 0 Å². The Morgan fingerprint density at radius 3 is 2.40 bits per heavy atom. The highest BCUT2D eigenvalue weighted by Gasteiger charge is 2.47. The van der Waals surface area contributed by atoms with Gasteiger partial charge in [0.2, 0.25) is 0 Å². The molecular formula is C19H17F2N3O. The predicted molar refractivity (Wildman–Crippen MR) is 89.8 cm³/mol. The standard InChI is InChI=1S/C19H17F2N3O/c1-11-6-19(4-5-19)7-13(11)12-2-3-16(23-8-12)24-18(25)17-14(20)9-22-10-15(17)21/h2-3,8-10H,4-7H2,1H3,(H,23,24,25). The second-order valence-corrected chi connectivity index (χ2v) is 6.98. The van der Waals surface area contributed by atoms with Crippen molar-refractivity contribution in [2.75, 3.05) is 5.32 Å². The highest BCUT2D eigenvalue weighted by molar-refractivity contribution is 6.04. The number of anilines is 1. The molecule has 0 radical (unpaired) electrons. The number of amides is 1. The number of rotatable bonds is 3. The van der Waals surface area contributed by atoms with Gasteiger partial charge in [-0.1, -0.05) is 5.57 Å². The largest absolute Gasteiger partial charge is 0.306 e. The highest BCUT2D eigenvalue weighted by atomic mass is 19.1. The van der Waals surface area contributed by atoms with E-state index < -0.39 is 23.1 Å². The Hall–Kier alpha value is -2.63. The van der Waals surface area contributed by atoms with E-state index in [4.69, 9.17) is 0 Å². The number of nitrogens with one attached hydrogen (secondary N) is 1. The summed E-state index contributed by atoms with van der Waals surface area (Å²) in [7, 11) is 0. The lowest BCUT2D eigenvalue weighted by atomic mass is 10.00. The first-order valence-electron chi connectivity index (χ1n) is 8.23. The summed E-state index contributed by atoms with van der Waals surface area (Å²) in [5.74, 6) is -2.64. The van der Waals surface area contributed by atoms with Gasteiger partial charge in [-0.2, -0.15) is 0 Å². The van der Waals surface area contributed by atoms with Crippen LogP contribution in [0.1, 0.15) is 48.5 Å². The van der Waals surface area contributed by atoms with Crippen molar-refractivity contribution < 1.29 is 13.6 Å². The Kier molecular flexibility index (Phi) is 3.63. The third-order valence-electron chi connectivity index (χ3n) is 5.10. The summed E-state index contributed by atoms with van der Waals surface area (Å²) < 4.78 is 27.2. The minimum absolute atomic E-state index is 0.252. The molecule has 2 aliphatic rings. The normalized spacial score (nSPS) is 17.9. The number of hydrogen-bond acceptors (Lipinski definition) is 3. The fraction of sp³-hybridized carbons (Fsp3) is 0.316. The van der Waals surface area contributed by atoms with E-state index in [-0.39, 0.29) is 5.82 Å². The second-order valence-electron chi connectivity index (χ2n) is 6.98.